The van der Waals surface area contributed by atoms with Crippen molar-refractivity contribution in [2.75, 3.05) is 13.1 Å². The van der Waals surface area contributed by atoms with E-state index in [1.54, 1.807) is 22.5 Å². The average molecular weight is 282 g/mol. The van der Waals surface area contributed by atoms with Crippen molar-refractivity contribution < 1.29 is 8.42 Å². The van der Waals surface area contributed by atoms with Crippen LogP contribution in [0.25, 0.3) is 0 Å². The smallest absolute Gasteiger partial charge is 0.243 e. The largest absolute Gasteiger partial charge is 0.324 e. The molecule has 0 aliphatic heterocycles. The van der Waals surface area contributed by atoms with Gasteiger partial charge in [-0.1, -0.05) is 19.1 Å². The van der Waals surface area contributed by atoms with Crippen molar-refractivity contribution in [1.82, 2.24) is 4.31 Å². The zero-order valence-corrected chi connectivity index (χ0v) is 12.4. The maximum atomic E-state index is 12.6. The number of nitrogens with two attached hydrogens (primary N) is 1. The predicted octanol–water partition coefficient (Wildman–Crippen LogP) is 2.13. The highest BCUT2D eigenvalue weighted by Crippen LogP contribution is 2.31. The van der Waals surface area contributed by atoms with E-state index in [1.807, 2.05) is 19.9 Å². The summed E-state index contributed by atoms with van der Waals surface area (Å²) in [6, 6.07) is 6.80. The minimum Gasteiger partial charge on any atom is -0.324 e. The fourth-order valence-corrected chi connectivity index (χ4v) is 3.67. The highest BCUT2D eigenvalue weighted by Gasteiger charge is 2.30. The minimum atomic E-state index is -3.38. The number of sulfonamides is 1. The lowest BCUT2D eigenvalue weighted by Crippen LogP contribution is -2.32. The Morgan fingerprint density at radius 1 is 1.42 bits per heavy atom. The van der Waals surface area contributed by atoms with Gasteiger partial charge in [-0.25, -0.2) is 8.42 Å². The Morgan fingerprint density at radius 2 is 2.11 bits per heavy atom. The number of rotatable bonds is 6. The van der Waals surface area contributed by atoms with Gasteiger partial charge in [-0.15, -0.1) is 0 Å². The second kappa shape index (κ2) is 5.61. The Morgan fingerprint density at radius 3 is 2.63 bits per heavy atom. The van der Waals surface area contributed by atoms with Crippen LogP contribution in [-0.2, 0) is 10.0 Å². The van der Waals surface area contributed by atoms with Gasteiger partial charge in [0, 0.05) is 19.1 Å². The van der Waals surface area contributed by atoms with Gasteiger partial charge in [0.15, 0.2) is 0 Å². The van der Waals surface area contributed by atoms with Gasteiger partial charge < -0.3 is 5.73 Å². The molecule has 2 N–H and O–H groups in total. The van der Waals surface area contributed by atoms with Crippen molar-refractivity contribution in [3.8, 4) is 0 Å². The van der Waals surface area contributed by atoms with E-state index in [0.29, 0.717) is 23.9 Å². The number of benzene rings is 1. The Bertz CT molecular complexity index is 536. The molecule has 106 valence electrons. The van der Waals surface area contributed by atoms with Crippen LogP contribution >= 0.6 is 0 Å². The fraction of sp³-hybridized carbons (Fsp3) is 0.571. The molecule has 0 spiro atoms. The third kappa shape index (κ3) is 3.35. The average Bonchev–Trinajstić information content (AvgIpc) is 3.19. The molecule has 1 aromatic carbocycles. The van der Waals surface area contributed by atoms with Crippen molar-refractivity contribution in [2.24, 2.45) is 11.7 Å². The molecule has 4 nitrogen and oxygen atoms in total. The molecule has 1 atom stereocenters. The van der Waals surface area contributed by atoms with Crippen molar-refractivity contribution >= 4 is 10.0 Å². The van der Waals surface area contributed by atoms with Crippen LogP contribution in [0, 0.1) is 5.92 Å². The summed E-state index contributed by atoms with van der Waals surface area (Å²) in [6.45, 7) is 4.89. The predicted molar refractivity (Wildman–Crippen MR) is 76.2 cm³/mol. The van der Waals surface area contributed by atoms with Gasteiger partial charge in [0.2, 0.25) is 10.0 Å². The van der Waals surface area contributed by atoms with Gasteiger partial charge >= 0.3 is 0 Å². The SMILES string of the molecule is CCN(CC1CC1)S(=O)(=O)c1cccc(C(C)N)c1. The fourth-order valence-electron chi connectivity index (χ4n) is 2.09. The topological polar surface area (TPSA) is 63.4 Å². The lowest BCUT2D eigenvalue weighted by atomic mass is 10.1. The molecule has 1 fully saturated rings. The lowest BCUT2D eigenvalue weighted by Gasteiger charge is -2.21. The van der Waals surface area contributed by atoms with E-state index in [1.165, 1.54) is 0 Å². The summed E-state index contributed by atoms with van der Waals surface area (Å²) in [5.41, 5.74) is 6.67. The molecule has 0 heterocycles. The van der Waals surface area contributed by atoms with Gasteiger partial charge in [0.05, 0.1) is 4.90 Å². The Hall–Kier alpha value is -0.910. The van der Waals surface area contributed by atoms with Crippen molar-refractivity contribution in [3.05, 3.63) is 29.8 Å². The zero-order valence-electron chi connectivity index (χ0n) is 11.5. The summed E-state index contributed by atoms with van der Waals surface area (Å²) < 4.78 is 26.7. The van der Waals surface area contributed by atoms with E-state index in [9.17, 15) is 8.42 Å². The first kappa shape index (κ1) is 14.5. The maximum Gasteiger partial charge on any atom is 0.243 e. The normalized spacial score (nSPS) is 17.7. The molecule has 1 aliphatic rings. The minimum absolute atomic E-state index is 0.159. The van der Waals surface area contributed by atoms with Gasteiger partial charge in [-0.05, 0) is 43.4 Å². The first-order chi connectivity index (χ1) is 8.95. The number of hydrogen-bond donors (Lipinski definition) is 1. The van der Waals surface area contributed by atoms with E-state index in [-0.39, 0.29) is 6.04 Å². The summed E-state index contributed by atoms with van der Waals surface area (Å²) in [5, 5.41) is 0. The van der Waals surface area contributed by atoms with Gasteiger partial charge in [0.1, 0.15) is 0 Å². The molecule has 1 unspecified atom stereocenters. The molecule has 19 heavy (non-hydrogen) atoms. The molecule has 1 aromatic rings. The second-order valence-electron chi connectivity index (χ2n) is 5.26. The molecule has 0 radical (unpaired) electrons. The van der Waals surface area contributed by atoms with Gasteiger partial charge in [-0.2, -0.15) is 4.31 Å². The highest BCUT2D eigenvalue weighted by molar-refractivity contribution is 7.89. The molecule has 1 aliphatic carbocycles. The molecule has 5 heteroatoms. The van der Waals surface area contributed by atoms with Crippen molar-refractivity contribution in [1.29, 1.82) is 0 Å². The lowest BCUT2D eigenvalue weighted by molar-refractivity contribution is 0.412. The second-order valence-corrected chi connectivity index (χ2v) is 7.20. The summed E-state index contributed by atoms with van der Waals surface area (Å²) in [7, 11) is -3.38. The highest BCUT2D eigenvalue weighted by atomic mass is 32.2. The number of hydrogen-bond acceptors (Lipinski definition) is 3. The van der Waals surface area contributed by atoms with Crippen LogP contribution in [0.2, 0.25) is 0 Å². The van der Waals surface area contributed by atoms with E-state index in [4.69, 9.17) is 5.73 Å². The molecule has 0 bridgehead atoms. The Labute approximate surface area is 115 Å². The third-order valence-electron chi connectivity index (χ3n) is 3.53. The van der Waals surface area contributed by atoms with Crippen LogP contribution in [-0.4, -0.2) is 25.8 Å². The molecular weight excluding hydrogens is 260 g/mol. The monoisotopic (exact) mass is 282 g/mol. The first-order valence-electron chi connectivity index (χ1n) is 6.81. The van der Waals surface area contributed by atoms with E-state index < -0.39 is 10.0 Å². The van der Waals surface area contributed by atoms with Crippen LogP contribution in [0.5, 0.6) is 0 Å². The molecule has 0 saturated heterocycles. The van der Waals surface area contributed by atoms with Crippen LogP contribution in [0.4, 0.5) is 0 Å². The van der Waals surface area contributed by atoms with E-state index in [2.05, 4.69) is 0 Å². The molecular formula is C14H22N2O2S. The van der Waals surface area contributed by atoms with Crippen LogP contribution in [0.3, 0.4) is 0 Å². The standard InChI is InChI=1S/C14H22N2O2S/c1-3-16(10-12-7-8-12)19(17,18)14-6-4-5-13(9-14)11(2)15/h4-6,9,11-12H,3,7-8,10,15H2,1-2H3. The first-order valence-corrected chi connectivity index (χ1v) is 8.25. The summed E-state index contributed by atoms with van der Waals surface area (Å²) >= 11 is 0. The van der Waals surface area contributed by atoms with Crippen LogP contribution in [0.1, 0.15) is 38.3 Å². The zero-order chi connectivity index (χ0) is 14.0. The van der Waals surface area contributed by atoms with Crippen LogP contribution < -0.4 is 5.73 Å². The van der Waals surface area contributed by atoms with Gasteiger partial charge in [-0.3, -0.25) is 0 Å². The molecule has 0 aromatic heterocycles. The Balaban J connectivity index is 2.28. The molecule has 0 amide bonds. The summed E-state index contributed by atoms with van der Waals surface area (Å²) in [4.78, 5) is 0.352. The van der Waals surface area contributed by atoms with E-state index >= 15 is 0 Å². The maximum absolute atomic E-state index is 12.6. The quantitative estimate of drug-likeness (QED) is 0.869. The molecule has 2 rings (SSSR count). The number of nitrogens with zero attached hydrogens (tertiary/aromatic N) is 1. The van der Waals surface area contributed by atoms with Crippen LogP contribution in [0.15, 0.2) is 29.2 Å². The Kier molecular flexibility index (Phi) is 4.28. The van der Waals surface area contributed by atoms with E-state index in [0.717, 1.165) is 18.4 Å². The summed E-state index contributed by atoms with van der Waals surface area (Å²) in [6.07, 6.45) is 2.29. The summed E-state index contributed by atoms with van der Waals surface area (Å²) in [5.74, 6) is 0.548. The van der Waals surface area contributed by atoms with Crippen molar-refractivity contribution in [2.45, 2.75) is 37.6 Å². The molecule has 1 saturated carbocycles. The third-order valence-corrected chi connectivity index (χ3v) is 5.47. The van der Waals surface area contributed by atoms with Gasteiger partial charge in [0.25, 0.3) is 0 Å². The van der Waals surface area contributed by atoms with Crippen molar-refractivity contribution in [3.63, 3.8) is 0 Å².